The zero-order valence-electron chi connectivity index (χ0n) is 10.0. The third-order valence-corrected chi connectivity index (χ3v) is 4.23. The van der Waals surface area contributed by atoms with Gasteiger partial charge in [-0.3, -0.25) is 0 Å². The number of nitrogen functional groups attached to an aromatic ring is 1. The number of rotatable bonds is 2. The van der Waals surface area contributed by atoms with Gasteiger partial charge in [-0.2, -0.15) is 0 Å². The van der Waals surface area contributed by atoms with Gasteiger partial charge in [0.2, 0.25) is 0 Å². The van der Waals surface area contributed by atoms with Gasteiger partial charge in [-0.25, -0.2) is 4.39 Å². The molecule has 3 rings (SSSR count). The summed E-state index contributed by atoms with van der Waals surface area (Å²) >= 11 is 1.49. The van der Waals surface area contributed by atoms with E-state index in [0.717, 1.165) is 15.0 Å². The maximum atomic E-state index is 13.3. The van der Waals surface area contributed by atoms with Gasteiger partial charge in [0.15, 0.2) is 0 Å². The first-order valence-corrected chi connectivity index (χ1v) is 6.68. The van der Waals surface area contributed by atoms with Crippen molar-refractivity contribution < 1.29 is 9.50 Å². The number of nitrogens with two attached hydrogens (primary N) is 1. The number of fused-ring (bicyclic) bond motifs is 1. The molecule has 96 valence electrons. The molecule has 0 radical (unpaired) electrons. The predicted molar refractivity (Wildman–Crippen MR) is 76.7 cm³/mol. The molecule has 2 nitrogen and oxygen atoms in total. The lowest BCUT2D eigenvalue weighted by Gasteiger charge is -2.11. The molecule has 0 amide bonds. The molecule has 0 spiro atoms. The highest BCUT2D eigenvalue weighted by molar-refractivity contribution is 7.19. The molecular weight excluding hydrogens is 261 g/mol. The molecule has 3 N–H and O–H groups in total. The summed E-state index contributed by atoms with van der Waals surface area (Å²) in [7, 11) is 0. The van der Waals surface area contributed by atoms with Crippen molar-refractivity contribution in [2.75, 3.05) is 5.73 Å². The van der Waals surface area contributed by atoms with Crippen LogP contribution in [-0.2, 0) is 0 Å². The van der Waals surface area contributed by atoms with Gasteiger partial charge in [-0.15, -0.1) is 11.3 Å². The van der Waals surface area contributed by atoms with Crippen LogP contribution in [0.3, 0.4) is 0 Å². The smallest absolute Gasteiger partial charge is 0.123 e. The molecule has 0 aliphatic heterocycles. The Morgan fingerprint density at radius 3 is 2.68 bits per heavy atom. The number of halogens is 1. The SMILES string of the molecule is Nc1ccc(F)cc1C(O)c1cc2ccccc2s1. The number of aliphatic hydroxyl groups is 1. The van der Waals surface area contributed by atoms with Crippen molar-refractivity contribution in [3.63, 3.8) is 0 Å². The van der Waals surface area contributed by atoms with E-state index in [1.807, 2.05) is 30.3 Å². The van der Waals surface area contributed by atoms with Crippen molar-refractivity contribution in [3.05, 3.63) is 64.8 Å². The largest absolute Gasteiger partial charge is 0.398 e. The van der Waals surface area contributed by atoms with Crippen LogP contribution in [0.5, 0.6) is 0 Å². The number of thiophene rings is 1. The van der Waals surface area contributed by atoms with E-state index in [0.29, 0.717) is 11.3 Å². The van der Waals surface area contributed by atoms with E-state index in [1.165, 1.54) is 29.5 Å². The third kappa shape index (κ3) is 2.20. The Kier molecular flexibility index (Phi) is 2.97. The zero-order valence-corrected chi connectivity index (χ0v) is 10.8. The van der Waals surface area contributed by atoms with E-state index < -0.39 is 11.9 Å². The monoisotopic (exact) mass is 273 g/mol. The molecule has 0 saturated heterocycles. The molecule has 0 aliphatic carbocycles. The van der Waals surface area contributed by atoms with Gasteiger partial charge in [-0.1, -0.05) is 18.2 Å². The van der Waals surface area contributed by atoms with E-state index in [-0.39, 0.29) is 0 Å². The van der Waals surface area contributed by atoms with Crippen molar-refractivity contribution >= 4 is 27.1 Å². The molecule has 1 heterocycles. The average Bonchev–Trinajstić information content (AvgIpc) is 2.84. The lowest BCUT2D eigenvalue weighted by Crippen LogP contribution is -2.02. The molecule has 1 aromatic heterocycles. The molecule has 0 bridgehead atoms. The summed E-state index contributed by atoms with van der Waals surface area (Å²) in [6.45, 7) is 0. The van der Waals surface area contributed by atoms with Crippen molar-refractivity contribution in [3.8, 4) is 0 Å². The standard InChI is InChI=1S/C15H12FNOS/c16-10-5-6-12(17)11(8-10)15(18)14-7-9-3-1-2-4-13(9)19-14/h1-8,15,18H,17H2. The number of aliphatic hydroxyl groups excluding tert-OH is 1. The maximum Gasteiger partial charge on any atom is 0.123 e. The van der Waals surface area contributed by atoms with Crippen LogP contribution in [0.2, 0.25) is 0 Å². The summed E-state index contributed by atoms with van der Waals surface area (Å²) in [5.41, 5.74) is 6.60. The van der Waals surface area contributed by atoms with Gasteiger partial charge in [0.1, 0.15) is 11.9 Å². The van der Waals surface area contributed by atoms with Gasteiger partial charge in [0, 0.05) is 20.8 Å². The molecular formula is C15H12FNOS. The van der Waals surface area contributed by atoms with Gasteiger partial charge < -0.3 is 10.8 Å². The summed E-state index contributed by atoms with van der Waals surface area (Å²) in [6, 6.07) is 13.8. The minimum atomic E-state index is -0.895. The summed E-state index contributed by atoms with van der Waals surface area (Å²) in [5.74, 6) is -0.399. The summed E-state index contributed by atoms with van der Waals surface area (Å²) in [4.78, 5) is 0.763. The predicted octanol–water partition coefficient (Wildman–Crippen LogP) is 3.70. The second kappa shape index (κ2) is 4.64. The molecule has 2 aromatic carbocycles. The van der Waals surface area contributed by atoms with Gasteiger partial charge in [-0.05, 0) is 35.7 Å². The Labute approximate surface area is 113 Å². The van der Waals surface area contributed by atoms with E-state index in [9.17, 15) is 9.50 Å². The lowest BCUT2D eigenvalue weighted by molar-refractivity contribution is 0.224. The van der Waals surface area contributed by atoms with E-state index in [2.05, 4.69) is 0 Å². The van der Waals surface area contributed by atoms with Crippen LogP contribution < -0.4 is 5.73 Å². The number of benzene rings is 2. The maximum absolute atomic E-state index is 13.3. The second-order valence-electron chi connectivity index (χ2n) is 4.36. The Morgan fingerprint density at radius 1 is 1.11 bits per heavy atom. The second-order valence-corrected chi connectivity index (χ2v) is 5.48. The highest BCUT2D eigenvalue weighted by Crippen LogP contribution is 2.35. The van der Waals surface area contributed by atoms with Crippen molar-refractivity contribution in [1.82, 2.24) is 0 Å². The van der Waals surface area contributed by atoms with Gasteiger partial charge in [0.05, 0.1) is 0 Å². The first-order chi connectivity index (χ1) is 9.15. The quantitative estimate of drug-likeness (QED) is 0.699. The molecule has 0 fully saturated rings. The number of hydrogen-bond donors (Lipinski definition) is 2. The lowest BCUT2D eigenvalue weighted by atomic mass is 10.1. The fourth-order valence-corrected chi connectivity index (χ4v) is 3.14. The molecule has 3 aromatic rings. The molecule has 0 aliphatic rings. The van der Waals surface area contributed by atoms with Crippen LogP contribution in [-0.4, -0.2) is 5.11 Å². The Hall–Kier alpha value is -1.91. The molecule has 1 unspecified atom stereocenters. The first-order valence-electron chi connectivity index (χ1n) is 5.86. The van der Waals surface area contributed by atoms with Crippen molar-refractivity contribution in [1.29, 1.82) is 0 Å². The normalized spacial score (nSPS) is 12.7. The van der Waals surface area contributed by atoms with Crippen molar-refractivity contribution in [2.45, 2.75) is 6.10 Å². The summed E-state index contributed by atoms with van der Waals surface area (Å²) in [5, 5.41) is 11.4. The highest BCUT2D eigenvalue weighted by atomic mass is 32.1. The topological polar surface area (TPSA) is 46.2 Å². The highest BCUT2D eigenvalue weighted by Gasteiger charge is 2.16. The van der Waals surface area contributed by atoms with Crippen molar-refractivity contribution in [2.24, 2.45) is 0 Å². The number of anilines is 1. The van der Waals surface area contributed by atoms with E-state index in [4.69, 9.17) is 5.73 Å². The average molecular weight is 273 g/mol. The van der Waals surface area contributed by atoms with Gasteiger partial charge >= 0.3 is 0 Å². The Morgan fingerprint density at radius 2 is 1.89 bits per heavy atom. The van der Waals surface area contributed by atoms with Crippen LogP contribution >= 0.6 is 11.3 Å². The van der Waals surface area contributed by atoms with Crippen LogP contribution in [0, 0.1) is 5.82 Å². The zero-order chi connectivity index (χ0) is 13.4. The van der Waals surface area contributed by atoms with Gasteiger partial charge in [0.25, 0.3) is 0 Å². The van der Waals surface area contributed by atoms with E-state index >= 15 is 0 Å². The molecule has 1 atom stereocenters. The molecule has 4 heteroatoms. The third-order valence-electron chi connectivity index (χ3n) is 3.06. The van der Waals surface area contributed by atoms with Crippen LogP contribution in [0.15, 0.2) is 48.5 Å². The molecule has 0 saturated carbocycles. The number of hydrogen-bond acceptors (Lipinski definition) is 3. The van der Waals surface area contributed by atoms with Crippen LogP contribution in [0.4, 0.5) is 10.1 Å². The minimum absolute atomic E-state index is 0.395. The fraction of sp³-hybridized carbons (Fsp3) is 0.0667. The van der Waals surface area contributed by atoms with Crippen LogP contribution in [0.1, 0.15) is 16.5 Å². The first kappa shape index (κ1) is 12.1. The Balaban J connectivity index is 2.07. The minimum Gasteiger partial charge on any atom is -0.398 e. The summed E-state index contributed by atoms with van der Waals surface area (Å²) in [6.07, 6.45) is -0.895. The summed E-state index contributed by atoms with van der Waals surface area (Å²) < 4.78 is 14.4. The molecule has 19 heavy (non-hydrogen) atoms. The van der Waals surface area contributed by atoms with Crippen LogP contribution in [0.25, 0.3) is 10.1 Å². The van der Waals surface area contributed by atoms with E-state index in [1.54, 1.807) is 0 Å². The Bertz CT molecular complexity index is 705. The fourth-order valence-electron chi connectivity index (χ4n) is 2.07.